The van der Waals surface area contributed by atoms with Gasteiger partial charge in [0.25, 0.3) is 0 Å². The Morgan fingerprint density at radius 1 is 1.34 bits per heavy atom. The summed E-state index contributed by atoms with van der Waals surface area (Å²) in [5, 5.41) is 13.9. The predicted molar refractivity (Wildman–Crippen MR) is 99.4 cm³/mol. The van der Waals surface area contributed by atoms with E-state index in [1.165, 1.54) is 28.8 Å². The maximum Gasteiger partial charge on any atom is 0.573 e. The predicted octanol–water partition coefficient (Wildman–Crippen LogP) is 5.09. The molecule has 0 aliphatic rings. The van der Waals surface area contributed by atoms with Gasteiger partial charge in [0, 0.05) is 11.6 Å². The summed E-state index contributed by atoms with van der Waals surface area (Å²) in [6.45, 7) is 3.40. The number of anilines is 1. The van der Waals surface area contributed by atoms with E-state index in [4.69, 9.17) is 11.6 Å². The molecule has 1 amide bonds. The molecule has 0 atom stereocenters. The fourth-order valence-electron chi connectivity index (χ4n) is 2.82. The normalized spacial score (nSPS) is 11.8. The second-order valence-corrected chi connectivity index (χ2v) is 6.84. The summed E-state index contributed by atoms with van der Waals surface area (Å²) < 4.78 is 43.5. The molecule has 0 saturated carbocycles. The first-order valence-corrected chi connectivity index (χ1v) is 8.83. The largest absolute Gasteiger partial charge is 0.573 e. The Balaban J connectivity index is 2.08. The monoisotopic (exact) mass is 428 g/mol. The molecule has 1 N–H and O–H groups in total. The number of halogens is 4. The van der Waals surface area contributed by atoms with Gasteiger partial charge in [-0.1, -0.05) is 43.6 Å². The number of imidazole rings is 1. The summed E-state index contributed by atoms with van der Waals surface area (Å²) in [6.07, 6.45) is -4.76. The number of para-hydroxylation sites is 1. The number of hydrogen-bond donors (Lipinski definition) is 1. The zero-order valence-electron chi connectivity index (χ0n) is 15.3. The highest BCUT2D eigenvalue weighted by molar-refractivity contribution is 6.29. The van der Waals surface area contributed by atoms with E-state index in [9.17, 15) is 23.1 Å². The van der Waals surface area contributed by atoms with E-state index >= 15 is 0 Å². The van der Waals surface area contributed by atoms with Crippen LogP contribution in [0.15, 0.2) is 36.5 Å². The molecule has 29 heavy (non-hydrogen) atoms. The zero-order chi connectivity index (χ0) is 21.3. The number of rotatable bonds is 5. The lowest BCUT2D eigenvalue weighted by Gasteiger charge is -2.22. The number of alkyl halides is 3. The van der Waals surface area contributed by atoms with Crippen molar-refractivity contribution in [3.63, 3.8) is 0 Å². The lowest BCUT2D eigenvalue weighted by molar-refractivity contribution is -0.274. The van der Waals surface area contributed by atoms with Gasteiger partial charge in [0.1, 0.15) is 5.75 Å². The summed E-state index contributed by atoms with van der Waals surface area (Å²) in [6, 6.07) is 6.61. The quantitative estimate of drug-likeness (QED) is 0.612. The summed E-state index contributed by atoms with van der Waals surface area (Å²) in [7, 11) is 0. The molecule has 1 aromatic carbocycles. The molecule has 11 heteroatoms. The minimum atomic E-state index is -4.91. The van der Waals surface area contributed by atoms with Crippen LogP contribution in [0.5, 0.6) is 5.75 Å². The van der Waals surface area contributed by atoms with E-state index in [0.29, 0.717) is 5.69 Å². The average molecular weight is 429 g/mol. The van der Waals surface area contributed by atoms with Gasteiger partial charge in [0.15, 0.2) is 10.8 Å². The van der Waals surface area contributed by atoms with Crippen molar-refractivity contribution in [2.24, 2.45) is 0 Å². The van der Waals surface area contributed by atoms with Crippen molar-refractivity contribution in [1.29, 1.82) is 0 Å². The van der Waals surface area contributed by atoms with Gasteiger partial charge in [-0.2, -0.15) is 5.10 Å². The lowest BCUT2D eigenvalue weighted by atomic mass is 10.1. The Bertz CT molecular complexity index is 1050. The van der Waals surface area contributed by atoms with Crippen LogP contribution < -0.4 is 9.64 Å². The van der Waals surface area contributed by atoms with Crippen molar-refractivity contribution in [2.75, 3.05) is 4.90 Å². The van der Waals surface area contributed by atoms with Crippen molar-refractivity contribution >= 4 is 29.0 Å². The first kappa shape index (κ1) is 20.7. The van der Waals surface area contributed by atoms with Crippen LogP contribution in [0.2, 0.25) is 5.15 Å². The Kier molecular flexibility index (Phi) is 5.56. The molecule has 0 unspecified atom stereocenters. The minimum absolute atomic E-state index is 0.0125. The molecule has 2 heterocycles. The van der Waals surface area contributed by atoms with Crippen molar-refractivity contribution < 1.29 is 27.8 Å². The third-order valence-corrected chi connectivity index (χ3v) is 4.27. The average Bonchev–Trinajstić information content (AvgIpc) is 3.02. The third-order valence-electron chi connectivity index (χ3n) is 4.08. The molecule has 2 aromatic heterocycles. The molecule has 0 spiro atoms. The van der Waals surface area contributed by atoms with E-state index < -0.39 is 24.7 Å². The summed E-state index contributed by atoms with van der Waals surface area (Å²) in [5.41, 5.74) is 1.03. The molecule has 3 rings (SSSR count). The van der Waals surface area contributed by atoms with Gasteiger partial charge in [0.2, 0.25) is 0 Å². The van der Waals surface area contributed by atoms with Crippen molar-refractivity contribution in [3.8, 4) is 5.75 Å². The first-order valence-electron chi connectivity index (χ1n) is 8.45. The number of benzene rings is 1. The molecule has 0 radical (unpaired) electrons. The van der Waals surface area contributed by atoms with Crippen LogP contribution in [0.1, 0.15) is 31.0 Å². The Hall–Kier alpha value is -3.01. The third kappa shape index (κ3) is 4.53. The van der Waals surface area contributed by atoms with Crippen LogP contribution in [0, 0.1) is 0 Å². The molecule has 0 aliphatic heterocycles. The molecule has 0 fully saturated rings. The second-order valence-electron chi connectivity index (χ2n) is 6.45. The maximum atomic E-state index is 12.7. The van der Waals surface area contributed by atoms with E-state index in [1.54, 1.807) is 6.20 Å². The van der Waals surface area contributed by atoms with Crippen LogP contribution in [0.4, 0.5) is 23.7 Å². The van der Waals surface area contributed by atoms with Gasteiger partial charge in [-0.25, -0.2) is 14.3 Å². The van der Waals surface area contributed by atoms with Crippen molar-refractivity contribution in [1.82, 2.24) is 14.6 Å². The summed E-state index contributed by atoms with van der Waals surface area (Å²) in [4.78, 5) is 17.0. The van der Waals surface area contributed by atoms with E-state index in [-0.39, 0.29) is 28.0 Å². The van der Waals surface area contributed by atoms with Crippen molar-refractivity contribution in [2.45, 2.75) is 32.7 Å². The van der Waals surface area contributed by atoms with Gasteiger partial charge in [-0.05, 0) is 12.0 Å². The number of amides is 1. The molecular weight excluding hydrogens is 413 g/mol. The Morgan fingerprint density at radius 2 is 2.03 bits per heavy atom. The fourth-order valence-corrected chi connectivity index (χ4v) is 3.00. The van der Waals surface area contributed by atoms with Crippen molar-refractivity contribution in [3.05, 3.63) is 52.9 Å². The zero-order valence-corrected chi connectivity index (χ0v) is 16.1. The highest BCUT2D eigenvalue weighted by Crippen LogP contribution is 2.31. The highest BCUT2D eigenvalue weighted by atomic mass is 35.5. The van der Waals surface area contributed by atoms with Gasteiger partial charge in [-0.3, -0.25) is 4.90 Å². The first-order chi connectivity index (χ1) is 13.6. The van der Waals surface area contributed by atoms with Gasteiger partial charge in [-0.15, -0.1) is 13.2 Å². The SMILES string of the molecule is CC(C)c1cnc2c(N(Cc3ccccc3OC(F)(F)F)C(=O)O)cc(Cl)nn12. The molecule has 3 aromatic rings. The summed E-state index contributed by atoms with van der Waals surface area (Å²) in [5.74, 6) is -0.461. The van der Waals surface area contributed by atoms with Gasteiger partial charge < -0.3 is 9.84 Å². The lowest BCUT2D eigenvalue weighted by Crippen LogP contribution is -2.30. The minimum Gasteiger partial charge on any atom is -0.465 e. The molecule has 154 valence electrons. The number of carboxylic acid groups (broad SMARTS) is 1. The number of aromatic nitrogens is 3. The molecule has 0 aliphatic carbocycles. The Morgan fingerprint density at radius 3 is 2.66 bits per heavy atom. The Labute approximate surface area is 168 Å². The molecular formula is C18H16ClF3N4O3. The van der Waals surface area contributed by atoms with Gasteiger partial charge in [0.05, 0.1) is 24.1 Å². The van der Waals surface area contributed by atoms with Crippen LogP contribution in [-0.4, -0.2) is 32.2 Å². The van der Waals surface area contributed by atoms with Gasteiger partial charge >= 0.3 is 12.5 Å². The van der Waals surface area contributed by atoms with Crippen LogP contribution in [-0.2, 0) is 6.54 Å². The van der Waals surface area contributed by atoms with Crippen LogP contribution >= 0.6 is 11.6 Å². The number of fused-ring (bicyclic) bond motifs is 1. The molecule has 7 nitrogen and oxygen atoms in total. The van der Waals surface area contributed by atoms with Crippen LogP contribution in [0.25, 0.3) is 5.65 Å². The topological polar surface area (TPSA) is 80.0 Å². The molecule has 0 bridgehead atoms. The standard InChI is InChI=1S/C18H16ClF3N4O3/c1-10(2)13-8-23-16-12(7-15(19)24-26(13)16)25(17(27)28)9-11-5-3-4-6-14(11)29-18(20,21)22/h3-8,10H,9H2,1-2H3,(H,27,28). The van der Waals surface area contributed by atoms with Crippen LogP contribution in [0.3, 0.4) is 0 Å². The number of hydrogen-bond acceptors (Lipinski definition) is 4. The van der Waals surface area contributed by atoms with E-state index in [1.807, 2.05) is 13.8 Å². The number of carbonyl (C=O) groups is 1. The second kappa shape index (κ2) is 7.78. The highest BCUT2D eigenvalue weighted by Gasteiger charge is 2.32. The van der Waals surface area contributed by atoms with E-state index in [0.717, 1.165) is 11.0 Å². The maximum absolute atomic E-state index is 12.7. The fraction of sp³-hybridized carbons (Fsp3) is 0.278. The summed E-state index contributed by atoms with van der Waals surface area (Å²) >= 11 is 6.07. The smallest absolute Gasteiger partial charge is 0.465 e. The number of ether oxygens (including phenoxy) is 1. The number of nitrogens with zero attached hydrogens (tertiary/aromatic N) is 4. The van der Waals surface area contributed by atoms with E-state index in [2.05, 4.69) is 14.8 Å². The molecule has 0 saturated heterocycles.